The van der Waals surface area contributed by atoms with Crippen LogP contribution in [0.1, 0.15) is 45.4 Å². The average Bonchev–Trinajstić information content (AvgIpc) is 2.95. The lowest BCUT2D eigenvalue weighted by Gasteiger charge is -2.33. The summed E-state index contributed by atoms with van der Waals surface area (Å²) in [5, 5.41) is 12.9. The molecule has 2 saturated heterocycles. The molecule has 2 N–H and O–H groups in total. The number of nitrogens with zero attached hydrogens (tertiary/aromatic N) is 1. The van der Waals surface area contributed by atoms with Crippen LogP contribution in [0.5, 0.6) is 0 Å². The van der Waals surface area contributed by atoms with Crippen molar-refractivity contribution in [2.24, 2.45) is 0 Å². The summed E-state index contributed by atoms with van der Waals surface area (Å²) in [4.78, 5) is 13.6. The first-order valence-electron chi connectivity index (χ1n) is 6.96. The number of likely N-dealkylation sites (tertiary alicyclic amines) is 1. The molecule has 0 aromatic carbocycles. The van der Waals surface area contributed by atoms with Crippen LogP contribution < -0.4 is 5.32 Å². The van der Waals surface area contributed by atoms with Crippen LogP contribution in [0.15, 0.2) is 0 Å². The summed E-state index contributed by atoms with van der Waals surface area (Å²) in [5.74, 6) is -0.642. The summed E-state index contributed by atoms with van der Waals surface area (Å²) in [6, 6.07) is 0.705. The Hall–Kier alpha value is -0.610. The lowest BCUT2D eigenvalue weighted by atomic mass is 10.0. The van der Waals surface area contributed by atoms with E-state index < -0.39 is 5.97 Å². The Bertz CT molecular complexity index is 264. The summed E-state index contributed by atoms with van der Waals surface area (Å²) >= 11 is 0. The highest BCUT2D eigenvalue weighted by Gasteiger charge is 2.38. The van der Waals surface area contributed by atoms with Gasteiger partial charge in [0.05, 0.1) is 0 Å². The van der Waals surface area contributed by atoms with Gasteiger partial charge >= 0.3 is 5.97 Å². The largest absolute Gasteiger partial charge is 0.480 e. The Balaban J connectivity index is 2.03. The second kappa shape index (κ2) is 5.83. The molecule has 2 aliphatic heterocycles. The molecule has 4 heteroatoms. The Morgan fingerprint density at radius 3 is 2.88 bits per heavy atom. The van der Waals surface area contributed by atoms with E-state index in [1.807, 2.05) is 0 Å². The van der Waals surface area contributed by atoms with E-state index in [9.17, 15) is 9.90 Å². The highest BCUT2D eigenvalue weighted by molar-refractivity contribution is 5.73. The number of rotatable bonds is 5. The average molecular weight is 240 g/mol. The minimum Gasteiger partial charge on any atom is -0.480 e. The van der Waals surface area contributed by atoms with Crippen LogP contribution in [-0.4, -0.2) is 47.2 Å². The van der Waals surface area contributed by atoms with Crippen molar-refractivity contribution in [3.05, 3.63) is 0 Å². The lowest BCUT2D eigenvalue weighted by Crippen LogP contribution is -2.51. The van der Waals surface area contributed by atoms with Crippen LogP contribution in [0.25, 0.3) is 0 Å². The van der Waals surface area contributed by atoms with Gasteiger partial charge in [-0.25, -0.2) is 0 Å². The number of hydrogen-bond acceptors (Lipinski definition) is 3. The molecule has 0 spiro atoms. The summed E-state index contributed by atoms with van der Waals surface area (Å²) in [7, 11) is 0. The van der Waals surface area contributed by atoms with Gasteiger partial charge in [-0.05, 0) is 45.2 Å². The number of carboxylic acids is 1. The Morgan fingerprint density at radius 2 is 2.29 bits per heavy atom. The number of carbonyl (C=O) groups is 1. The second-order valence-electron chi connectivity index (χ2n) is 5.29. The zero-order valence-electron chi connectivity index (χ0n) is 10.7. The molecule has 0 saturated carbocycles. The number of carboxylic acid groups (broad SMARTS) is 1. The van der Waals surface area contributed by atoms with Crippen LogP contribution in [0.2, 0.25) is 0 Å². The third kappa shape index (κ3) is 2.80. The van der Waals surface area contributed by atoms with Gasteiger partial charge in [-0.2, -0.15) is 0 Å². The number of hydrogen-bond donors (Lipinski definition) is 2. The van der Waals surface area contributed by atoms with Gasteiger partial charge in [0.25, 0.3) is 0 Å². The monoisotopic (exact) mass is 240 g/mol. The van der Waals surface area contributed by atoms with Crippen molar-refractivity contribution in [3.8, 4) is 0 Å². The zero-order valence-corrected chi connectivity index (χ0v) is 10.7. The van der Waals surface area contributed by atoms with E-state index in [-0.39, 0.29) is 6.04 Å². The van der Waals surface area contributed by atoms with Gasteiger partial charge in [0, 0.05) is 12.1 Å². The number of aliphatic carboxylic acids is 1. The van der Waals surface area contributed by atoms with E-state index in [2.05, 4.69) is 17.1 Å². The van der Waals surface area contributed by atoms with E-state index in [0.29, 0.717) is 12.1 Å². The van der Waals surface area contributed by atoms with E-state index >= 15 is 0 Å². The van der Waals surface area contributed by atoms with E-state index in [4.69, 9.17) is 0 Å². The van der Waals surface area contributed by atoms with Gasteiger partial charge in [0.2, 0.25) is 0 Å². The van der Waals surface area contributed by atoms with Crippen molar-refractivity contribution in [3.63, 3.8) is 0 Å². The molecular formula is C13H24N2O2. The normalized spacial score (nSPS) is 31.8. The molecule has 0 radical (unpaired) electrons. The van der Waals surface area contributed by atoms with Gasteiger partial charge in [0.1, 0.15) is 6.04 Å². The first-order valence-corrected chi connectivity index (χ1v) is 6.96. The molecule has 4 nitrogen and oxygen atoms in total. The van der Waals surface area contributed by atoms with Crippen LogP contribution >= 0.6 is 0 Å². The molecule has 2 rings (SSSR count). The van der Waals surface area contributed by atoms with Crippen LogP contribution in [0.4, 0.5) is 0 Å². The fraction of sp³-hybridized carbons (Fsp3) is 0.923. The van der Waals surface area contributed by atoms with Crippen molar-refractivity contribution in [1.29, 1.82) is 0 Å². The van der Waals surface area contributed by atoms with Crippen molar-refractivity contribution in [1.82, 2.24) is 10.2 Å². The standard InChI is InChI=1S/C13H24N2O2/c1-2-5-12(13(16)17)15-9-4-7-11(15)10-6-3-8-14-10/h10-12,14H,2-9H2,1H3,(H,16,17). The first kappa shape index (κ1) is 12.8. The van der Waals surface area contributed by atoms with Gasteiger partial charge in [-0.3, -0.25) is 9.69 Å². The molecule has 0 aliphatic carbocycles. The highest BCUT2D eigenvalue weighted by atomic mass is 16.4. The fourth-order valence-electron chi connectivity index (χ4n) is 3.38. The van der Waals surface area contributed by atoms with E-state index in [1.54, 1.807) is 0 Å². The topological polar surface area (TPSA) is 52.6 Å². The van der Waals surface area contributed by atoms with Gasteiger partial charge in [-0.1, -0.05) is 13.3 Å². The highest BCUT2D eigenvalue weighted by Crippen LogP contribution is 2.28. The van der Waals surface area contributed by atoms with Crippen molar-refractivity contribution in [2.75, 3.05) is 13.1 Å². The SMILES string of the molecule is CCCC(C(=O)O)N1CCCC1C1CCCN1. The second-order valence-corrected chi connectivity index (χ2v) is 5.29. The molecule has 2 aliphatic rings. The van der Waals surface area contributed by atoms with Crippen LogP contribution in [-0.2, 0) is 4.79 Å². The molecule has 98 valence electrons. The van der Waals surface area contributed by atoms with Gasteiger partial charge in [0.15, 0.2) is 0 Å². The quantitative estimate of drug-likeness (QED) is 0.764. The van der Waals surface area contributed by atoms with Gasteiger partial charge < -0.3 is 10.4 Å². The molecule has 0 aromatic rings. The maximum absolute atomic E-state index is 11.4. The molecule has 0 aromatic heterocycles. The first-order chi connectivity index (χ1) is 8.24. The summed E-state index contributed by atoms with van der Waals surface area (Å²) in [5.41, 5.74) is 0. The minimum atomic E-state index is -0.642. The predicted molar refractivity (Wildman–Crippen MR) is 67.1 cm³/mol. The molecule has 2 fully saturated rings. The molecule has 3 unspecified atom stereocenters. The Morgan fingerprint density at radius 1 is 1.47 bits per heavy atom. The molecule has 0 amide bonds. The van der Waals surface area contributed by atoms with E-state index in [0.717, 1.165) is 38.8 Å². The van der Waals surface area contributed by atoms with Crippen LogP contribution in [0.3, 0.4) is 0 Å². The minimum absolute atomic E-state index is 0.269. The zero-order chi connectivity index (χ0) is 12.3. The van der Waals surface area contributed by atoms with E-state index in [1.165, 1.54) is 12.8 Å². The summed E-state index contributed by atoms with van der Waals surface area (Å²) in [6.45, 7) is 4.12. The summed E-state index contributed by atoms with van der Waals surface area (Å²) < 4.78 is 0. The Kier molecular flexibility index (Phi) is 4.40. The van der Waals surface area contributed by atoms with Crippen molar-refractivity contribution >= 4 is 5.97 Å². The van der Waals surface area contributed by atoms with Crippen molar-refractivity contribution < 1.29 is 9.90 Å². The molecule has 2 heterocycles. The number of nitrogens with one attached hydrogen (secondary N) is 1. The van der Waals surface area contributed by atoms with Crippen molar-refractivity contribution in [2.45, 2.75) is 63.6 Å². The maximum atomic E-state index is 11.4. The smallest absolute Gasteiger partial charge is 0.320 e. The molecular weight excluding hydrogens is 216 g/mol. The summed E-state index contributed by atoms with van der Waals surface area (Å²) in [6.07, 6.45) is 6.47. The van der Waals surface area contributed by atoms with Crippen LogP contribution in [0, 0.1) is 0 Å². The molecule has 17 heavy (non-hydrogen) atoms. The third-order valence-corrected chi connectivity index (χ3v) is 4.15. The van der Waals surface area contributed by atoms with Gasteiger partial charge in [-0.15, -0.1) is 0 Å². The Labute approximate surface area is 103 Å². The molecule has 3 atom stereocenters. The maximum Gasteiger partial charge on any atom is 0.320 e. The fourth-order valence-corrected chi connectivity index (χ4v) is 3.38. The lowest BCUT2D eigenvalue weighted by molar-refractivity contribution is -0.144. The predicted octanol–water partition coefficient (Wildman–Crippen LogP) is 1.46. The molecule has 0 bridgehead atoms. The third-order valence-electron chi connectivity index (χ3n) is 4.15.